The second kappa shape index (κ2) is 5.36. The fourth-order valence-corrected chi connectivity index (χ4v) is 1.69. The van der Waals surface area contributed by atoms with Crippen molar-refractivity contribution >= 4 is 23.4 Å². The minimum atomic E-state index is -0.942. The Morgan fingerprint density at radius 3 is 2.81 bits per heavy atom. The summed E-state index contributed by atoms with van der Waals surface area (Å²) in [5.41, 5.74) is -0.137. The number of hydrogen-bond acceptors (Lipinski definition) is 5. The molecule has 1 rings (SSSR count). The van der Waals surface area contributed by atoms with E-state index in [9.17, 15) is 14.9 Å². The van der Waals surface area contributed by atoms with Gasteiger partial charge in [0.25, 0.3) is 0 Å². The summed E-state index contributed by atoms with van der Waals surface area (Å²) in [7, 11) is 1.33. The highest BCUT2D eigenvalue weighted by Gasteiger charge is 2.14. The van der Waals surface area contributed by atoms with Crippen LogP contribution in [0.15, 0.2) is 23.1 Å². The van der Waals surface area contributed by atoms with Crippen LogP contribution >= 0.6 is 11.8 Å². The maximum absolute atomic E-state index is 10.6. The zero-order valence-electron chi connectivity index (χ0n) is 8.37. The Morgan fingerprint density at radius 2 is 2.31 bits per heavy atom. The molecule has 0 aromatic heterocycles. The molecule has 0 radical (unpaired) electrons. The Morgan fingerprint density at radius 1 is 1.62 bits per heavy atom. The number of carboxylic acids is 1. The average molecular weight is 243 g/mol. The van der Waals surface area contributed by atoms with Crippen molar-refractivity contribution < 1.29 is 19.6 Å². The van der Waals surface area contributed by atoms with E-state index in [0.717, 1.165) is 11.8 Å². The zero-order chi connectivity index (χ0) is 12.1. The lowest BCUT2D eigenvalue weighted by Gasteiger charge is -2.03. The second-order valence-electron chi connectivity index (χ2n) is 2.77. The van der Waals surface area contributed by atoms with Gasteiger partial charge in [-0.1, -0.05) is 0 Å². The first-order valence-corrected chi connectivity index (χ1v) is 5.20. The topological polar surface area (TPSA) is 89.7 Å². The van der Waals surface area contributed by atoms with Crippen molar-refractivity contribution in [3.63, 3.8) is 0 Å². The van der Waals surface area contributed by atoms with Crippen LogP contribution in [0.2, 0.25) is 0 Å². The van der Waals surface area contributed by atoms with Crippen molar-refractivity contribution in [2.75, 3.05) is 12.9 Å². The van der Waals surface area contributed by atoms with Crippen molar-refractivity contribution in [2.45, 2.75) is 4.90 Å². The molecule has 0 unspecified atom stereocenters. The van der Waals surface area contributed by atoms with Gasteiger partial charge in [0, 0.05) is 17.0 Å². The number of hydrogen-bond donors (Lipinski definition) is 1. The number of nitrogens with zero attached hydrogens (tertiary/aromatic N) is 1. The molecule has 0 saturated carbocycles. The van der Waals surface area contributed by atoms with Gasteiger partial charge in [-0.2, -0.15) is 0 Å². The molecule has 0 aliphatic rings. The number of methoxy groups -OCH3 is 1. The third kappa shape index (κ3) is 3.13. The summed E-state index contributed by atoms with van der Waals surface area (Å²) in [6.07, 6.45) is 0. The molecule has 86 valence electrons. The lowest BCUT2D eigenvalue weighted by atomic mass is 10.3. The molecular weight excluding hydrogens is 234 g/mol. The molecule has 0 aliphatic carbocycles. The van der Waals surface area contributed by atoms with Crippen molar-refractivity contribution in [3.8, 4) is 5.75 Å². The first-order chi connectivity index (χ1) is 7.54. The number of ether oxygens (including phenoxy) is 1. The Hall–Kier alpha value is -1.76. The summed E-state index contributed by atoms with van der Waals surface area (Å²) in [6, 6.07) is 4.24. The van der Waals surface area contributed by atoms with Crippen LogP contribution < -0.4 is 4.74 Å². The lowest BCUT2D eigenvalue weighted by molar-refractivity contribution is -0.385. The maximum atomic E-state index is 10.6. The van der Waals surface area contributed by atoms with Crippen LogP contribution in [0, 0.1) is 10.1 Å². The Kier molecular flexibility index (Phi) is 4.12. The van der Waals surface area contributed by atoms with E-state index < -0.39 is 10.9 Å². The van der Waals surface area contributed by atoms with Crippen LogP contribution in [-0.4, -0.2) is 28.9 Å². The molecule has 1 aromatic carbocycles. The highest BCUT2D eigenvalue weighted by Crippen LogP contribution is 2.31. The first-order valence-electron chi connectivity index (χ1n) is 4.21. The molecule has 6 nitrogen and oxygen atoms in total. The van der Waals surface area contributed by atoms with Gasteiger partial charge in [-0.05, 0) is 6.07 Å². The number of nitro groups is 1. The Balaban J connectivity index is 2.90. The van der Waals surface area contributed by atoms with Crippen LogP contribution in [-0.2, 0) is 4.79 Å². The molecule has 0 heterocycles. The smallest absolute Gasteiger partial charge is 0.313 e. The van der Waals surface area contributed by atoms with E-state index in [1.165, 1.54) is 25.3 Å². The number of benzene rings is 1. The molecule has 0 saturated heterocycles. The average Bonchev–Trinajstić information content (AvgIpc) is 2.25. The van der Waals surface area contributed by atoms with Gasteiger partial charge in [0.15, 0.2) is 5.75 Å². The molecule has 0 atom stereocenters. The lowest BCUT2D eigenvalue weighted by Crippen LogP contribution is -1.98. The monoisotopic (exact) mass is 243 g/mol. The van der Waals surface area contributed by atoms with Crippen LogP contribution in [0.25, 0.3) is 0 Å². The molecule has 1 aromatic rings. The van der Waals surface area contributed by atoms with Crippen LogP contribution in [0.1, 0.15) is 0 Å². The first kappa shape index (κ1) is 12.3. The summed E-state index contributed by atoms with van der Waals surface area (Å²) >= 11 is 1.08. The molecule has 0 spiro atoms. The van der Waals surface area contributed by atoms with E-state index in [-0.39, 0.29) is 17.2 Å². The van der Waals surface area contributed by atoms with Crippen molar-refractivity contribution in [3.05, 3.63) is 28.3 Å². The maximum Gasteiger partial charge on any atom is 0.313 e. The van der Waals surface area contributed by atoms with E-state index in [4.69, 9.17) is 9.84 Å². The van der Waals surface area contributed by atoms with Crippen molar-refractivity contribution in [1.82, 2.24) is 0 Å². The van der Waals surface area contributed by atoms with E-state index in [1.807, 2.05) is 0 Å². The minimum Gasteiger partial charge on any atom is -0.490 e. The minimum absolute atomic E-state index is 0.0963. The number of rotatable bonds is 5. The summed E-state index contributed by atoms with van der Waals surface area (Å²) in [4.78, 5) is 21.0. The predicted octanol–water partition coefficient (Wildman–Crippen LogP) is 1.78. The van der Waals surface area contributed by atoms with Crippen LogP contribution in [0.3, 0.4) is 0 Å². The molecular formula is C9H9NO5S. The molecule has 0 bridgehead atoms. The number of aliphatic carboxylic acids is 1. The summed E-state index contributed by atoms with van der Waals surface area (Å²) in [6.45, 7) is 0. The highest BCUT2D eigenvalue weighted by molar-refractivity contribution is 8.00. The van der Waals surface area contributed by atoms with Gasteiger partial charge in [-0.25, -0.2) is 0 Å². The number of carboxylic acid groups (broad SMARTS) is 1. The highest BCUT2D eigenvalue weighted by atomic mass is 32.2. The van der Waals surface area contributed by atoms with Gasteiger partial charge in [-0.15, -0.1) is 11.8 Å². The van der Waals surface area contributed by atoms with E-state index in [1.54, 1.807) is 0 Å². The fraction of sp³-hybridized carbons (Fsp3) is 0.222. The Labute approximate surface area is 95.4 Å². The van der Waals surface area contributed by atoms with Gasteiger partial charge in [0.2, 0.25) is 0 Å². The Bertz CT molecular complexity index is 420. The van der Waals surface area contributed by atoms with E-state index >= 15 is 0 Å². The SMILES string of the molecule is COc1cc(SCC(=O)O)ccc1[N+](=O)[O-]. The standard InChI is InChI=1S/C9H9NO5S/c1-15-8-4-6(16-5-9(11)12)2-3-7(8)10(13)14/h2-4H,5H2,1H3,(H,11,12). The normalized spacial score (nSPS) is 9.81. The third-order valence-electron chi connectivity index (χ3n) is 1.71. The van der Waals surface area contributed by atoms with E-state index in [2.05, 4.69) is 0 Å². The molecule has 0 amide bonds. The van der Waals surface area contributed by atoms with Gasteiger partial charge < -0.3 is 9.84 Å². The fourth-order valence-electron chi connectivity index (χ4n) is 1.04. The summed E-state index contributed by atoms with van der Waals surface area (Å²) < 4.78 is 4.85. The predicted molar refractivity (Wildman–Crippen MR) is 58.0 cm³/mol. The quantitative estimate of drug-likeness (QED) is 0.481. The van der Waals surface area contributed by atoms with E-state index in [0.29, 0.717) is 4.90 Å². The largest absolute Gasteiger partial charge is 0.490 e. The van der Waals surface area contributed by atoms with Gasteiger partial charge >= 0.3 is 11.7 Å². The molecule has 16 heavy (non-hydrogen) atoms. The van der Waals surface area contributed by atoms with Gasteiger partial charge in [-0.3, -0.25) is 14.9 Å². The zero-order valence-corrected chi connectivity index (χ0v) is 9.19. The number of carbonyl (C=O) groups is 1. The third-order valence-corrected chi connectivity index (χ3v) is 2.69. The van der Waals surface area contributed by atoms with Gasteiger partial charge in [0.1, 0.15) is 0 Å². The second-order valence-corrected chi connectivity index (χ2v) is 3.82. The molecule has 1 N–H and O–H groups in total. The molecule has 0 aliphatic heterocycles. The summed E-state index contributed by atoms with van der Waals surface area (Å²) in [5.74, 6) is -0.913. The number of thioether (sulfide) groups is 1. The van der Waals surface area contributed by atoms with Crippen molar-refractivity contribution in [2.24, 2.45) is 0 Å². The van der Waals surface area contributed by atoms with Gasteiger partial charge in [0.05, 0.1) is 17.8 Å². The summed E-state index contributed by atoms with van der Waals surface area (Å²) in [5, 5.41) is 19.1. The molecule has 7 heteroatoms. The molecule has 0 fully saturated rings. The number of nitro benzene ring substituents is 1. The van der Waals surface area contributed by atoms with Crippen LogP contribution in [0.4, 0.5) is 5.69 Å². The van der Waals surface area contributed by atoms with Crippen molar-refractivity contribution in [1.29, 1.82) is 0 Å². The van der Waals surface area contributed by atoms with Crippen LogP contribution in [0.5, 0.6) is 5.75 Å².